The van der Waals surface area contributed by atoms with Crippen molar-refractivity contribution in [1.29, 1.82) is 0 Å². The fourth-order valence-electron chi connectivity index (χ4n) is 1.46. The van der Waals surface area contributed by atoms with Crippen LogP contribution in [0.1, 0.15) is 39.0 Å². The number of aromatic nitrogens is 3. The van der Waals surface area contributed by atoms with Crippen LogP contribution in [-0.4, -0.2) is 27.8 Å². The van der Waals surface area contributed by atoms with Crippen LogP contribution in [0, 0.1) is 0 Å². The molecule has 0 bridgehead atoms. The zero-order valence-corrected chi connectivity index (χ0v) is 9.74. The second kappa shape index (κ2) is 5.63. The van der Waals surface area contributed by atoms with E-state index in [1.165, 1.54) is 25.7 Å². The first-order valence-electron chi connectivity index (χ1n) is 6.08. The summed E-state index contributed by atoms with van der Waals surface area (Å²) in [4.78, 5) is 4.35. The number of anilines is 2. The molecule has 5 heteroatoms. The first-order chi connectivity index (χ1) is 7.88. The Morgan fingerprint density at radius 3 is 3.00 bits per heavy atom. The standard InChI is InChI=1S/C11H19N5/c1-2-3-4-7-12-11-15-10(8-13-16-11)14-9-5-6-9/h8-9H,2-7H2,1H3,(H2,12,14,15,16). The topological polar surface area (TPSA) is 62.7 Å². The minimum Gasteiger partial charge on any atom is -0.366 e. The minimum atomic E-state index is 0.602. The maximum atomic E-state index is 4.35. The van der Waals surface area contributed by atoms with Gasteiger partial charge in [0.1, 0.15) is 0 Å². The van der Waals surface area contributed by atoms with Crippen molar-refractivity contribution in [2.75, 3.05) is 17.2 Å². The Bertz CT molecular complexity index is 324. The molecule has 1 aliphatic carbocycles. The lowest BCUT2D eigenvalue weighted by Crippen LogP contribution is -2.09. The summed E-state index contributed by atoms with van der Waals surface area (Å²) in [5.41, 5.74) is 0. The van der Waals surface area contributed by atoms with Crippen LogP contribution in [0.5, 0.6) is 0 Å². The van der Waals surface area contributed by atoms with Gasteiger partial charge in [-0.1, -0.05) is 19.8 Å². The van der Waals surface area contributed by atoms with Gasteiger partial charge in [-0.05, 0) is 19.3 Å². The van der Waals surface area contributed by atoms with E-state index < -0.39 is 0 Å². The van der Waals surface area contributed by atoms with Crippen molar-refractivity contribution in [3.63, 3.8) is 0 Å². The van der Waals surface area contributed by atoms with Gasteiger partial charge in [0.05, 0.1) is 6.20 Å². The summed E-state index contributed by atoms with van der Waals surface area (Å²) in [6, 6.07) is 0.602. The molecule has 0 radical (unpaired) electrons. The first-order valence-corrected chi connectivity index (χ1v) is 6.08. The molecule has 1 aliphatic rings. The molecular weight excluding hydrogens is 202 g/mol. The van der Waals surface area contributed by atoms with Gasteiger partial charge in [-0.15, -0.1) is 5.10 Å². The summed E-state index contributed by atoms with van der Waals surface area (Å²) in [5, 5.41) is 14.4. The highest BCUT2D eigenvalue weighted by atomic mass is 15.3. The van der Waals surface area contributed by atoms with Gasteiger partial charge < -0.3 is 10.6 Å². The number of unbranched alkanes of at least 4 members (excludes halogenated alkanes) is 2. The maximum Gasteiger partial charge on any atom is 0.244 e. The Kier molecular flexibility index (Phi) is 3.91. The number of hydrogen-bond donors (Lipinski definition) is 2. The summed E-state index contributed by atoms with van der Waals surface area (Å²) >= 11 is 0. The third kappa shape index (κ3) is 3.64. The highest BCUT2D eigenvalue weighted by Crippen LogP contribution is 2.23. The molecule has 88 valence electrons. The van der Waals surface area contributed by atoms with Crippen molar-refractivity contribution in [2.45, 2.75) is 45.1 Å². The fourth-order valence-corrected chi connectivity index (χ4v) is 1.46. The molecule has 1 heterocycles. The lowest BCUT2D eigenvalue weighted by molar-refractivity contribution is 0.738. The molecular formula is C11H19N5. The fraction of sp³-hybridized carbons (Fsp3) is 0.727. The number of rotatable bonds is 7. The Morgan fingerprint density at radius 2 is 2.25 bits per heavy atom. The van der Waals surface area contributed by atoms with E-state index in [2.05, 4.69) is 32.7 Å². The molecule has 1 fully saturated rings. The van der Waals surface area contributed by atoms with Gasteiger partial charge in [0.15, 0.2) is 5.82 Å². The van der Waals surface area contributed by atoms with Gasteiger partial charge in [-0.2, -0.15) is 10.1 Å². The van der Waals surface area contributed by atoms with Gasteiger partial charge in [0.25, 0.3) is 0 Å². The van der Waals surface area contributed by atoms with E-state index in [0.717, 1.165) is 18.8 Å². The van der Waals surface area contributed by atoms with Crippen LogP contribution in [-0.2, 0) is 0 Å². The SMILES string of the molecule is CCCCCNc1nncc(NC2CC2)n1. The highest BCUT2D eigenvalue weighted by Gasteiger charge is 2.21. The molecule has 16 heavy (non-hydrogen) atoms. The second-order valence-corrected chi connectivity index (χ2v) is 4.22. The van der Waals surface area contributed by atoms with E-state index in [9.17, 15) is 0 Å². The summed E-state index contributed by atoms with van der Waals surface area (Å²) in [7, 11) is 0. The van der Waals surface area contributed by atoms with E-state index in [1.54, 1.807) is 6.20 Å². The average molecular weight is 221 g/mol. The van der Waals surface area contributed by atoms with E-state index in [-0.39, 0.29) is 0 Å². The molecule has 0 aliphatic heterocycles. The Balaban J connectivity index is 1.78. The van der Waals surface area contributed by atoms with Gasteiger partial charge in [-0.25, -0.2) is 0 Å². The van der Waals surface area contributed by atoms with Crippen LogP contribution in [0.3, 0.4) is 0 Å². The zero-order valence-electron chi connectivity index (χ0n) is 9.74. The summed E-state index contributed by atoms with van der Waals surface area (Å²) in [6.07, 6.45) is 7.77. The molecule has 2 N–H and O–H groups in total. The predicted molar refractivity (Wildman–Crippen MR) is 64.5 cm³/mol. The normalized spacial score (nSPS) is 14.8. The van der Waals surface area contributed by atoms with E-state index in [1.807, 2.05) is 0 Å². The van der Waals surface area contributed by atoms with Crippen molar-refractivity contribution in [2.24, 2.45) is 0 Å². The Labute approximate surface area is 96.1 Å². The lowest BCUT2D eigenvalue weighted by atomic mass is 10.2. The van der Waals surface area contributed by atoms with E-state index in [0.29, 0.717) is 12.0 Å². The van der Waals surface area contributed by atoms with Gasteiger partial charge in [0, 0.05) is 12.6 Å². The van der Waals surface area contributed by atoms with Crippen molar-refractivity contribution in [3.05, 3.63) is 6.20 Å². The molecule has 5 nitrogen and oxygen atoms in total. The van der Waals surface area contributed by atoms with Crippen LogP contribution in [0.2, 0.25) is 0 Å². The molecule has 0 unspecified atom stereocenters. The zero-order chi connectivity index (χ0) is 11.2. The lowest BCUT2D eigenvalue weighted by Gasteiger charge is -2.06. The van der Waals surface area contributed by atoms with Gasteiger partial charge in [0.2, 0.25) is 5.95 Å². The molecule has 1 aromatic rings. The highest BCUT2D eigenvalue weighted by molar-refractivity contribution is 5.38. The maximum absolute atomic E-state index is 4.35. The summed E-state index contributed by atoms with van der Waals surface area (Å²) < 4.78 is 0. The van der Waals surface area contributed by atoms with E-state index in [4.69, 9.17) is 0 Å². The quantitative estimate of drug-likeness (QED) is 0.690. The number of hydrogen-bond acceptors (Lipinski definition) is 5. The van der Waals surface area contributed by atoms with Crippen molar-refractivity contribution >= 4 is 11.8 Å². The number of nitrogens with one attached hydrogen (secondary N) is 2. The molecule has 0 aromatic carbocycles. The minimum absolute atomic E-state index is 0.602. The van der Waals surface area contributed by atoms with Crippen LogP contribution in [0.15, 0.2) is 6.20 Å². The molecule has 0 spiro atoms. The summed E-state index contributed by atoms with van der Waals surface area (Å²) in [5.74, 6) is 1.46. The third-order valence-corrected chi connectivity index (χ3v) is 2.55. The summed E-state index contributed by atoms with van der Waals surface area (Å²) in [6.45, 7) is 3.11. The molecule has 2 rings (SSSR count). The predicted octanol–water partition coefficient (Wildman–Crippen LogP) is 2.05. The Hall–Kier alpha value is -1.39. The molecule has 0 amide bonds. The van der Waals surface area contributed by atoms with Crippen LogP contribution in [0.4, 0.5) is 11.8 Å². The smallest absolute Gasteiger partial charge is 0.244 e. The van der Waals surface area contributed by atoms with Crippen molar-refractivity contribution < 1.29 is 0 Å². The van der Waals surface area contributed by atoms with Gasteiger partial charge >= 0.3 is 0 Å². The van der Waals surface area contributed by atoms with E-state index >= 15 is 0 Å². The second-order valence-electron chi connectivity index (χ2n) is 4.22. The third-order valence-electron chi connectivity index (χ3n) is 2.55. The van der Waals surface area contributed by atoms with Crippen LogP contribution >= 0.6 is 0 Å². The Morgan fingerprint density at radius 1 is 1.38 bits per heavy atom. The van der Waals surface area contributed by atoms with Gasteiger partial charge in [-0.3, -0.25) is 0 Å². The first kappa shape index (κ1) is 11.1. The van der Waals surface area contributed by atoms with Crippen molar-refractivity contribution in [3.8, 4) is 0 Å². The van der Waals surface area contributed by atoms with Crippen LogP contribution in [0.25, 0.3) is 0 Å². The molecule has 1 aromatic heterocycles. The monoisotopic (exact) mass is 221 g/mol. The average Bonchev–Trinajstić information content (AvgIpc) is 3.09. The largest absolute Gasteiger partial charge is 0.366 e. The molecule has 0 atom stereocenters. The molecule has 1 saturated carbocycles. The van der Waals surface area contributed by atoms with Crippen molar-refractivity contribution in [1.82, 2.24) is 15.2 Å². The number of nitrogens with zero attached hydrogens (tertiary/aromatic N) is 3. The molecule has 0 saturated heterocycles. The van der Waals surface area contributed by atoms with Crippen LogP contribution < -0.4 is 10.6 Å².